The zero-order chi connectivity index (χ0) is 31.5. The summed E-state index contributed by atoms with van der Waals surface area (Å²) in [6.07, 6.45) is 47.4. The fraction of sp³-hybridized carbons (Fsp3) is 0.850. The largest absolute Gasteiger partial charge is 0.369 e. The molecule has 43 heavy (non-hydrogen) atoms. The summed E-state index contributed by atoms with van der Waals surface area (Å²) in [4.78, 5) is 24.5. The van der Waals surface area contributed by atoms with E-state index in [0.717, 1.165) is 25.7 Å². The molecule has 0 saturated carbocycles. The predicted octanol–water partition coefficient (Wildman–Crippen LogP) is 12.9. The van der Waals surface area contributed by atoms with Crippen LogP contribution in [-0.4, -0.2) is 11.7 Å². The van der Waals surface area contributed by atoms with E-state index < -0.39 is 11.8 Å². The van der Waals surface area contributed by atoms with E-state index in [-0.39, 0.29) is 5.78 Å². The summed E-state index contributed by atoms with van der Waals surface area (Å²) in [5.74, 6) is -0.907. The van der Waals surface area contributed by atoms with Crippen LogP contribution in [0.3, 0.4) is 0 Å². The number of rotatable bonds is 35. The summed E-state index contributed by atoms with van der Waals surface area (Å²) in [5, 5.41) is 0. The molecular weight excluding hydrogens is 526 g/mol. The molecule has 0 fully saturated rings. The highest BCUT2D eigenvalue weighted by Gasteiger charge is 2.22. The number of Topliss-reactive ketones (excluding diaryl/α,β-unsaturated/α-hetero) is 1. The number of hydrogen-bond acceptors (Lipinski definition) is 2. The number of allylic oxidation sites excluding steroid dienone is 4. The topological polar surface area (TPSA) is 60.2 Å². The molecular formula is C40H75NO2. The Labute approximate surface area is 269 Å². The number of nitrogens with two attached hydrogens (primary N) is 1. The summed E-state index contributed by atoms with van der Waals surface area (Å²) < 4.78 is 0. The first-order valence-electron chi connectivity index (χ1n) is 19.2. The minimum absolute atomic E-state index is 0.0751. The number of amides is 1. The first-order valence-corrected chi connectivity index (χ1v) is 19.2. The molecule has 0 aromatic heterocycles. The molecule has 0 aromatic carbocycles. The van der Waals surface area contributed by atoms with Crippen LogP contribution in [0.4, 0.5) is 0 Å². The van der Waals surface area contributed by atoms with Gasteiger partial charge in [0.2, 0.25) is 5.91 Å². The van der Waals surface area contributed by atoms with Gasteiger partial charge in [0.25, 0.3) is 0 Å². The Morgan fingerprint density at radius 1 is 0.442 bits per heavy atom. The Kier molecular flexibility index (Phi) is 34.0. The van der Waals surface area contributed by atoms with Gasteiger partial charge in [0, 0.05) is 6.42 Å². The first kappa shape index (κ1) is 41.6. The van der Waals surface area contributed by atoms with Gasteiger partial charge in [0.1, 0.15) is 5.78 Å². The van der Waals surface area contributed by atoms with E-state index in [1.54, 1.807) is 0 Å². The normalized spacial score (nSPS) is 12.5. The molecule has 1 atom stereocenters. The van der Waals surface area contributed by atoms with Crippen LogP contribution in [0.1, 0.15) is 213 Å². The van der Waals surface area contributed by atoms with E-state index in [2.05, 4.69) is 38.2 Å². The van der Waals surface area contributed by atoms with Crippen LogP contribution in [0.25, 0.3) is 0 Å². The maximum Gasteiger partial charge on any atom is 0.227 e. The van der Waals surface area contributed by atoms with Crippen LogP contribution in [0.15, 0.2) is 24.3 Å². The molecule has 0 bridgehead atoms. The lowest BCUT2D eigenvalue weighted by atomic mass is 9.92. The van der Waals surface area contributed by atoms with Crippen molar-refractivity contribution >= 4 is 11.7 Å². The third kappa shape index (κ3) is 31.8. The Balaban J connectivity index is 3.58. The highest BCUT2D eigenvalue weighted by atomic mass is 16.2. The molecule has 0 saturated heterocycles. The lowest BCUT2D eigenvalue weighted by molar-refractivity contribution is -0.132. The second kappa shape index (κ2) is 35.1. The first-order chi connectivity index (χ1) is 21.1. The lowest BCUT2D eigenvalue weighted by Crippen LogP contribution is -2.30. The molecule has 3 nitrogen and oxygen atoms in total. The van der Waals surface area contributed by atoms with Crippen molar-refractivity contribution in [2.75, 3.05) is 0 Å². The Hall–Kier alpha value is -1.38. The van der Waals surface area contributed by atoms with Crippen molar-refractivity contribution in [2.45, 2.75) is 213 Å². The van der Waals surface area contributed by atoms with E-state index in [1.807, 2.05) is 0 Å². The van der Waals surface area contributed by atoms with Crippen LogP contribution < -0.4 is 5.73 Å². The number of unbranched alkanes of at least 4 members (excludes halogenated alkanes) is 25. The maximum absolute atomic E-state index is 12.6. The van der Waals surface area contributed by atoms with Gasteiger partial charge >= 0.3 is 0 Å². The SMILES string of the molecule is CCCCCCCC/C=C\CCCCCCCCCCC(C(N)=O)C(=O)CCCCCCC/C=C\CCCCCCCC. The second-order valence-electron chi connectivity index (χ2n) is 13.2. The minimum Gasteiger partial charge on any atom is -0.369 e. The van der Waals surface area contributed by atoms with Crippen molar-refractivity contribution in [1.82, 2.24) is 0 Å². The van der Waals surface area contributed by atoms with Gasteiger partial charge < -0.3 is 5.73 Å². The monoisotopic (exact) mass is 602 g/mol. The van der Waals surface area contributed by atoms with E-state index in [0.29, 0.717) is 12.8 Å². The van der Waals surface area contributed by atoms with Crippen molar-refractivity contribution in [2.24, 2.45) is 11.7 Å². The molecule has 0 rings (SSSR count). The smallest absolute Gasteiger partial charge is 0.227 e. The number of carbonyl (C=O) groups is 2. The number of ketones is 1. The van der Waals surface area contributed by atoms with Crippen LogP contribution >= 0.6 is 0 Å². The van der Waals surface area contributed by atoms with Gasteiger partial charge in [0.15, 0.2) is 0 Å². The molecule has 0 aliphatic rings. The van der Waals surface area contributed by atoms with Gasteiger partial charge in [-0.05, 0) is 64.2 Å². The summed E-state index contributed by atoms with van der Waals surface area (Å²) >= 11 is 0. The molecule has 0 aromatic rings. The standard InChI is InChI=1S/C40H75NO2/c1-3-5-7-9-11-13-15-17-19-20-21-23-24-26-28-30-32-34-36-38(40(41)43)39(42)37-35-33-31-29-27-25-22-18-16-14-12-10-8-6-4-2/h17-19,22,38H,3-16,20-21,23-37H2,1-2H3,(H2,41,43)/b19-17-,22-18-. The summed E-state index contributed by atoms with van der Waals surface area (Å²) in [7, 11) is 0. The fourth-order valence-electron chi connectivity index (χ4n) is 5.96. The van der Waals surface area contributed by atoms with E-state index in [1.165, 1.54) is 161 Å². The molecule has 0 radical (unpaired) electrons. The van der Waals surface area contributed by atoms with Gasteiger partial charge in [-0.25, -0.2) is 0 Å². The van der Waals surface area contributed by atoms with Crippen molar-refractivity contribution < 1.29 is 9.59 Å². The van der Waals surface area contributed by atoms with E-state index in [4.69, 9.17) is 5.73 Å². The lowest BCUT2D eigenvalue weighted by Gasteiger charge is -2.12. The maximum atomic E-state index is 12.6. The molecule has 0 aliphatic carbocycles. The summed E-state index contributed by atoms with van der Waals surface area (Å²) in [5.41, 5.74) is 5.60. The molecule has 0 heterocycles. The zero-order valence-corrected chi connectivity index (χ0v) is 29.2. The average molecular weight is 602 g/mol. The highest BCUT2D eigenvalue weighted by Crippen LogP contribution is 2.18. The van der Waals surface area contributed by atoms with Gasteiger partial charge in [-0.3, -0.25) is 9.59 Å². The number of hydrogen-bond donors (Lipinski definition) is 1. The van der Waals surface area contributed by atoms with Crippen molar-refractivity contribution in [3.05, 3.63) is 24.3 Å². The van der Waals surface area contributed by atoms with Crippen LogP contribution in [0, 0.1) is 5.92 Å². The van der Waals surface area contributed by atoms with Gasteiger partial charge in [0.05, 0.1) is 5.92 Å². The summed E-state index contributed by atoms with van der Waals surface area (Å²) in [6.45, 7) is 4.54. The molecule has 2 N–H and O–H groups in total. The van der Waals surface area contributed by atoms with E-state index >= 15 is 0 Å². The molecule has 1 amide bonds. The van der Waals surface area contributed by atoms with Crippen molar-refractivity contribution in [1.29, 1.82) is 0 Å². The third-order valence-corrected chi connectivity index (χ3v) is 8.92. The van der Waals surface area contributed by atoms with Crippen LogP contribution in [-0.2, 0) is 9.59 Å². The average Bonchev–Trinajstić information content (AvgIpc) is 3.00. The molecule has 1 unspecified atom stereocenters. The van der Waals surface area contributed by atoms with Gasteiger partial charge in [-0.15, -0.1) is 0 Å². The highest BCUT2D eigenvalue weighted by molar-refractivity contribution is 6.00. The Morgan fingerprint density at radius 3 is 1.09 bits per heavy atom. The molecule has 0 aliphatic heterocycles. The molecule has 252 valence electrons. The van der Waals surface area contributed by atoms with Crippen molar-refractivity contribution in [3.63, 3.8) is 0 Å². The Bertz CT molecular complexity index is 653. The quantitative estimate of drug-likeness (QED) is 0.0446. The number of primary amides is 1. The molecule has 3 heteroatoms. The van der Waals surface area contributed by atoms with Crippen molar-refractivity contribution in [3.8, 4) is 0 Å². The van der Waals surface area contributed by atoms with Crippen LogP contribution in [0.5, 0.6) is 0 Å². The van der Waals surface area contributed by atoms with Gasteiger partial charge in [-0.2, -0.15) is 0 Å². The third-order valence-electron chi connectivity index (χ3n) is 8.92. The fourth-order valence-corrected chi connectivity index (χ4v) is 5.96. The van der Waals surface area contributed by atoms with E-state index in [9.17, 15) is 9.59 Å². The number of carbonyl (C=O) groups excluding carboxylic acids is 2. The Morgan fingerprint density at radius 2 is 0.744 bits per heavy atom. The van der Waals surface area contributed by atoms with Gasteiger partial charge in [-0.1, -0.05) is 167 Å². The molecule has 0 spiro atoms. The summed E-state index contributed by atoms with van der Waals surface area (Å²) in [6, 6.07) is 0. The second-order valence-corrected chi connectivity index (χ2v) is 13.2. The van der Waals surface area contributed by atoms with Crippen LogP contribution in [0.2, 0.25) is 0 Å². The minimum atomic E-state index is -0.564. The predicted molar refractivity (Wildman–Crippen MR) is 190 cm³/mol. The zero-order valence-electron chi connectivity index (χ0n) is 29.2.